The fraction of sp³-hybridized carbons (Fsp3) is 0.176. The van der Waals surface area contributed by atoms with E-state index in [4.69, 9.17) is 11.5 Å². The molecule has 1 unspecified atom stereocenters. The number of aryl methyl sites for hydroxylation is 1. The molecule has 5 N–H and O–H groups in total. The normalized spacial score (nSPS) is 12.8. The van der Waals surface area contributed by atoms with Gasteiger partial charge in [-0.3, -0.25) is 0 Å². The van der Waals surface area contributed by atoms with Gasteiger partial charge in [-0.05, 0) is 24.1 Å². The Morgan fingerprint density at radius 1 is 1.05 bits per heavy atom. The van der Waals surface area contributed by atoms with Crippen LogP contribution in [0, 0.1) is 6.92 Å². The molecule has 102 valence electrons. The third kappa shape index (κ3) is 2.11. The van der Waals surface area contributed by atoms with Crippen molar-refractivity contribution < 1.29 is 0 Å². The van der Waals surface area contributed by atoms with Crippen molar-refractivity contribution in [3.05, 3.63) is 70.9 Å². The second-order valence-electron chi connectivity index (χ2n) is 5.13. The molecule has 3 nitrogen and oxygen atoms in total. The number of nitrogens with one attached hydrogen (secondary N) is 1. The zero-order valence-corrected chi connectivity index (χ0v) is 11.6. The number of rotatable bonds is 3. The number of benzene rings is 2. The largest absolute Gasteiger partial charge is 0.358 e. The molecule has 20 heavy (non-hydrogen) atoms. The predicted molar refractivity (Wildman–Crippen MR) is 83.4 cm³/mol. The van der Waals surface area contributed by atoms with E-state index in [9.17, 15) is 0 Å². The summed E-state index contributed by atoms with van der Waals surface area (Å²) in [4.78, 5) is 3.40. The number of para-hydroxylation sites is 1. The molecule has 0 saturated carbocycles. The molecule has 0 aliphatic rings. The fourth-order valence-electron chi connectivity index (χ4n) is 2.73. The molecule has 0 amide bonds. The standard InChI is InChI=1S/C17H19N3/c1-11-16(14-4-2-3-5-15(14)20-11)17(19)13-8-6-12(10-18)7-9-13/h2-9,17,20H,10,18-19H2,1H3. The summed E-state index contributed by atoms with van der Waals surface area (Å²) in [6, 6.07) is 16.4. The van der Waals surface area contributed by atoms with Gasteiger partial charge in [0.25, 0.3) is 0 Å². The quantitative estimate of drug-likeness (QED) is 0.681. The van der Waals surface area contributed by atoms with Gasteiger partial charge in [-0.15, -0.1) is 0 Å². The zero-order valence-electron chi connectivity index (χ0n) is 11.6. The molecular weight excluding hydrogens is 246 g/mol. The van der Waals surface area contributed by atoms with Crippen LogP contribution >= 0.6 is 0 Å². The Morgan fingerprint density at radius 3 is 2.45 bits per heavy atom. The van der Waals surface area contributed by atoms with Gasteiger partial charge in [0.1, 0.15) is 0 Å². The Balaban J connectivity index is 2.07. The van der Waals surface area contributed by atoms with Gasteiger partial charge >= 0.3 is 0 Å². The van der Waals surface area contributed by atoms with Gasteiger partial charge in [0, 0.05) is 28.7 Å². The van der Waals surface area contributed by atoms with Gasteiger partial charge in [-0.2, -0.15) is 0 Å². The first-order valence-corrected chi connectivity index (χ1v) is 6.82. The number of nitrogens with two attached hydrogens (primary N) is 2. The second-order valence-corrected chi connectivity index (χ2v) is 5.13. The van der Waals surface area contributed by atoms with E-state index in [0.717, 1.165) is 22.3 Å². The molecule has 3 rings (SSSR count). The Morgan fingerprint density at radius 2 is 1.75 bits per heavy atom. The van der Waals surface area contributed by atoms with Crippen molar-refractivity contribution in [2.24, 2.45) is 11.5 Å². The topological polar surface area (TPSA) is 67.8 Å². The molecule has 0 aliphatic heterocycles. The van der Waals surface area contributed by atoms with Crippen LogP contribution in [0.25, 0.3) is 10.9 Å². The number of aromatic amines is 1. The van der Waals surface area contributed by atoms with Crippen molar-refractivity contribution >= 4 is 10.9 Å². The van der Waals surface area contributed by atoms with Crippen molar-refractivity contribution in [1.82, 2.24) is 4.98 Å². The molecule has 1 aromatic heterocycles. The van der Waals surface area contributed by atoms with E-state index in [1.165, 1.54) is 10.9 Å². The lowest BCUT2D eigenvalue weighted by molar-refractivity contribution is 0.866. The van der Waals surface area contributed by atoms with Crippen molar-refractivity contribution in [3.8, 4) is 0 Å². The number of hydrogen-bond acceptors (Lipinski definition) is 2. The predicted octanol–water partition coefficient (Wildman–Crippen LogP) is 2.98. The van der Waals surface area contributed by atoms with E-state index in [-0.39, 0.29) is 6.04 Å². The number of hydrogen-bond donors (Lipinski definition) is 3. The van der Waals surface area contributed by atoms with Gasteiger partial charge in [0.15, 0.2) is 0 Å². The van der Waals surface area contributed by atoms with Crippen molar-refractivity contribution in [2.45, 2.75) is 19.5 Å². The Bertz CT molecular complexity index is 726. The van der Waals surface area contributed by atoms with Gasteiger partial charge in [-0.25, -0.2) is 0 Å². The highest BCUT2D eigenvalue weighted by Gasteiger charge is 2.16. The molecule has 2 aromatic carbocycles. The summed E-state index contributed by atoms with van der Waals surface area (Å²) in [7, 11) is 0. The van der Waals surface area contributed by atoms with Gasteiger partial charge in [0.2, 0.25) is 0 Å². The summed E-state index contributed by atoms with van der Waals surface area (Å²) in [5, 5.41) is 1.19. The second kappa shape index (κ2) is 5.12. The minimum atomic E-state index is -0.127. The first kappa shape index (κ1) is 12.9. The summed E-state index contributed by atoms with van der Waals surface area (Å²) in [5.74, 6) is 0. The summed E-state index contributed by atoms with van der Waals surface area (Å²) >= 11 is 0. The van der Waals surface area contributed by atoms with E-state index in [2.05, 4.69) is 36.2 Å². The molecule has 3 heteroatoms. The summed E-state index contributed by atoms with van der Waals surface area (Å²) < 4.78 is 0. The molecule has 0 radical (unpaired) electrons. The zero-order chi connectivity index (χ0) is 14.1. The van der Waals surface area contributed by atoms with Crippen LogP contribution in [-0.4, -0.2) is 4.98 Å². The molecule has 0 bridgehead atoms. The third-order valence-electron chi connectivity index (χ3n) is 3.83. The lowest BCUT2D eigenvalue weighted by atomic mass is 9.96. The van der Waals surface area contributed by atoms with Crippen LogP contribution in [0.4, 0.5) is 0 Å². The minimum Gasteiger partial charge on any atom is -0.358 e. The van der Waals surface area contributed by atoms with Crippen LogP contribution in [0.1, 0.15) is 28.4 Å². The van der Waals surface area contributed by atoms with Crippen molar-refractivity contribution in [3.63, 3.8) is 0 Å². The third-order valence-corrected chi connectivity index (χ3v) is 3.83. The summed E-state index contributed by atoms with van der Waals surface area (Å²) in [6.07, 6.45) is 0. The fourth-order valence-corrected chi connectivity index (χ4v) is 2.73. The SMILES string of the molecule is Cc1[nH]c2ccccc2c1C(N)c1ccc(CN)cc1. The number of aromatic nitrogens is 1. The maximum atomic E-state index is 6.47. The molecule has 0 saturated heterocycles. The van der Waals surface area contributed by atoms with Gasteiger partial charge in [0.05, 0.1) is 6.04 Å². The van der Waals surface area contributed by atoms with E-state index >= 15 is 0 Å². The van der Waals surface area contributed by atoms with E-state index < -0.39 is 0 Å². The number of H-pyrrole nitrogens is 1. The van der Waals surface area contributed by atoms with Crippen molar-refractivity contribution in [1.29, 1.82) is 0 Å². The van der Waals surface area contributed by atoms with Gasteiger partial charge < -0.3 is 16.5 Å². The summed E-state index contributed by atoms with van der Waals surface area (Å²) in [5.41, 5.74) is 17.8. The average Bonchev–Trinajstić information content (AvgIpc) is 2.82. The summed E-state index contributed by atoms with van der Waals surface area (Å²) in [6.45, 7) is 2.63. The van der Waals surface area contributed by atoms with Crippen LogP contribution in [0.2, 0.25) is 0 Å². The average molecular weight is 265 g/mol. The number of fused-ring (bicyclic) bond motifs is 1. The first-order chi connectivity index (χ1) is 9.70. The van der Waals surface area contributed by atoms with Crippen LogP contribution in [0.5, 0.6) is 0 Å². The van der Waals surface area contributed by atoms with Crippen LogP contribution in [0.3, 0.4) is 0 Å². The molecule has 0 fully saturated rings. The molecular formula is C17H19N3. The highest BCUT2D eigenvalue weighted by atomic mass is 14.7. The Labute approximate surface area is 118 Å². The Kier molecular flexibility index (Phi) is 3.30. The van der Waals surface area contributed by atoms with E-state index in [1.807, 2.05) is 24.3 Å². The molecule has 0 spiro atoms. The van der Waals surface area contributed by atoms with Crippen LogP contribution in [0.15, 0.2) is 48.5 Å². The van der Waals surface area contributed by atoms with Crippen LogP contribution < -0.4 is 11.5 Å². The lowest BCUT2D eigenvalue weighted by Crippen LogP contribution is -2.12. The highest BCUT2D eigenvalue weighted by Crippen LogP contribution is 2.30. The molecule has 1 atom stereocenters. The van der Waals surface area contributed by atoms with E-state index in [1.54, 1.807) is 0 Å². The highest BCUT2D eigenvalue weighted by molar-refractivity contribution is 5.85. The van der Waals surface area contributed by atoms with Gasteiger partial charge in [-0.1, -0.05) is 42.5 Å². The monoisotopic (exact) mass is 265 g/mol. The first-order valence-electron chi connectivity index (χ1n) is 6.82. The van der Waals surface area contributed by atoms with Crippen LogP contribution in [-0.2, 0) is 6.54 Å². The maximum absolute atomic E-state index is 6.47. The maximum Gasteiger partial charge on any atom is 0.0575 e. The smallest absolute Gasteiger partial charge is 0.0575 e. The molecule has 1 heterocycles. The molecule has 3 aromatic rings. The minimum absolute atomic E-state index is 0.127. The van der Waals surface area contributed by atoms with Crippen molar-refractivity contribution in [2.75, 3.05) is 0 Å². The lowest BCUT2D eigenvalue weighted by Gasteiger charge is -2.13. The Hall–Kier alpha value is -2.10. The van der Waals surface area contributed by atoms with E-state index in [0.29, 0.717) is 6.54 Å². The molecule has 0 aliphatic carbocycles.